The van der Waals surface area contributed by atoms with E-state index in [1.165, 1.54) is 23.6 Å². The normalized spacial score (nSPS) is 13.6. The van der Waals surface area contributed by atoms with Crippen molar-refractivity contribution in [2.24, 2.45) is 0 Å². The predicted molar refractivity (Wildman–Crippen MR) is 101 cm³/mol. The van der Waals surface area contributed by atoms with Crippen molar-refractivity contribution in [1.29, 1.82) is 0 Å². The third kappa shape index (κ3) is 5.16. The molecule has 138 valence electrons. The topological polar surface area (TPSA) is 79.3 Å². The number of amides is 2. The summed E-state index contributed by atoms with van der Waals surface area (Å²) in [5.74, 6) is 0. The lowest BCUT2D eigenvalue weighted by molar-refractivity contribution is 0.245. The van der Waals surface area contributed by atoms with Crippen LogP contribution < -0.4 is 16.3 Å². The molecule has 1 fully saturated rings. The molecule has 26 heavy (non-hydrogen) atoms. The minimum Gasteiger partial charge on any atom is -0.337 e. The van der Waals surface area contributed by atoms with Crippen molar-refractivity contribution in [3.05, 3.63) is 58.8 Å². The molecule has 7 heteroatoms. The maximum Gasteiger partial charge on any atom is 0.347 e. The van der Waals surface area contributed by atoms with Crippen molar-refractivity contribution in [2.45, 2.75) is 32.4 Å². The van der Waals surface area contributed by atoms with Gasteiger partial charge in [0.15, 0.2) is 0 Å². The third-order valence-corrected chi connectivity index (χ3v) is 4.47. The highest BCUT2D eigenvalue weighted by Crippen LogP contribution is 2.25. The van der Waals surface area contributed by atoms with Crippen LogP contribution in [0.2, 0.25) is 0 Å². The van der Waals surface area contributed by atoms with E-state index in [-0.39, 0.29) is 11.7 Å². The minimum atomic E-state index is -0.292. The van der Waals surface area contributed by atoms with Crippen LogP contribution in [0.5, 0.6) is 0 Å². The van der Waals surface area contributed by atoms with Gasteiger partial charge in [0.25, 0.3) is 0 Å². The molecule has 1 aromatic heterocycles. The van der Waals surface area contributed by atoms with Crippen LogP contribution in [0.25, 0.3) is 0 Å². The van der Waals surface area contributed by atoms with Gasteiger partial charge >= 0.3 is 11.7 Å². The van der Waals surface area contributed by atoms with E-state index in [0.29, 0.717) is 24.8 Å². The molecule has 0 bridgehead atoms. The van der Waals surface area contributed by atoms with Crippen LogP contribution in [0.4, 0.5) is 10.5 Å². The lowest BCUT2D eigenvalue weighted by atomic mass is 10.2. The summed E-state index contributed by atoms with van der Waals surface area (Å²) in [6.45, 7) is 5.08. The van der Waals surface area contributed by atoms with Crippen molar-refractivity contribution in [1.82, 2.24) is 19.8 Å². The predicted octanol–water partition coefficient (Wildman–Crippen LogP) is 1.90. The molecular formula is C19H25N5O2. The summed E-state index contributed by atoms with van der Waals surface area (Å²) in [7, 11) is 0. The van der Waals surface area contributed by atoms with Crippen LogP contribution in [0, 0.1) is 0 Å². The van der Waals surface area contributed by atoms with Crippen LogP contribution in [0.1, 0.15) is 25.3 Å². The second-order valence-corrected chi connectivity index (χ2v) is 6.47. The van der Waals surface area contributed by atoms with Gasteiger partial charge in [0.1, 0.15) is 0 Å². The summed E-state index contributed by atoms with van der Waals surface area (Å²) in [4.78, 5) is 29.9. The molecule has 7 nitrogen and oxygen atoms in total. The second kappa shape index (κ2) is 8.62. The summed E-state index contributed by atoms with van der Waals surface area (Å²) in [5, 5.41) is 5.75. The standard InChI is InChI=1S/C19H25N5O2/c1-2-23(17-7-8-17)12-10-20-18(25)22-16-6-3-5-15(13-16)14-24-11-4-9-21-19(24)26/h3-6,9,11,13,17H,2,7-8,10,12,14H2,1H3,(H2,20,22,25). The molecule has 0 atom stereocenters. The molecule has 0 radical (unpaired) electrons. The summed E-state index contributed by atoms with van der Waals surface area (Å²) in [6.07, 6.45) is 5.71. The number of carbonyl (C=O) groups excluding carboxylic acids is 1. The number of benzene rings is 1. The molecule has 2 amide bonds. The van der Waals surface area contributed by atoms with E-state index in [1.54, 1.807) is 12.3 Å². The smallest absolute Gasteiger partial charge is 0.337 e. The number of nitrogens with zero attached hydrogens (tertiary/aromatic N) is 3. The van der Waals surface area contributed by atoms with E-state index in [2.05, 4.69) is 27.4 Å². The fraction of sp³-hybridized carbons (Fsp3) is 0.421. The minimum absolute atomic E-state index is 0.215. The monoisotopic (exact) mass is 355 g/mol. The van der Waals surface area contributed by atoms with Gasteiger partial charge in [0.05, 0.1) is 6.54 Å². The molecule has 0 aliphatic heterocycles. The summed E-state index contributed by atoms with van der Waals surface area (Å²) >= 11 is 0. The van der Waals surface area contributed by atoms with Gasteiger partial charge in [0.2, 0.25) is 0 Å². The molecule has 1 aliphatic rings. The Balaban J connectivity index is 1.50. The van der Waals surface area contributed by atoms with Crippen molar-refractivity contribution in [3.8, 4) is 0 Å². The molecule has 2 N–H and O–H groups in total. The van der Waals surface area contributed by atoms with Crippen LogP contribution in [-0.4, -0.2) is 46.2 Å². The highest BCUT2D eigenvalue weighted by Gasteiger charge is 2.27. The van der Waals surface area contributed by atoms with E-state index >= 15 is 0 Å². The van der Waals surface area contributed by atoms with Crippen molar-refractivity contribution in [2.75, 3.05) is 25.0 Å². The molecule has 3 rings (SSSR count). The number of anilines is 1. The first-order valence-electron chi connectivity index (χ1n) is 9.05. The Labute approximate surface area is 153 Å². The summed E-state index contributed by atoms with van der Waals surface area (Å²) < 4.78 is 1.52. The summed E-state index contributed by atoms with van der Waals surface area (Å²) in [6, 6.07) is 9.68. The zero-order valence-corrected chi connectivity index (χ0v) is 15.0. The van der Waals surface area contributed by atoms with Gasteiger partial charge in [-0.1, -0.05) is 19.1 Å². The molecule has 1 aromatic carbocycles. The molecule has 0 unspecified atom stereocenters. The Bertz CT molecular complexity index is 800. The van der Waals surface area contributed by atoms with Gasteiger partial charge in [0, 0.05) is 37.2 Å². The lowest BCUT2D eigenvalue weighted by Gasteiger charge is -2.19. The first-order chi connectivity index (χ1) is 12.7. The number of likely N-dealkylation sites (N-methyl/N-ethyl adjacent to an activating group) is 1. The number of hydrogen-bond donors (Lipinski definition) is 2. The van der Waals surface area contributed by atoms with E-state index in [1.807, 2.05) is 24.3 Å². The Morgan fingerprint density at radius 2 is 2.19 bits per heavy atom. The molecule has 0 saturated heterocycles. The molecule has 1 heterocycles. The van der Waals surface area contributed by atoms with Crippen LogP contribution in [0.3, 0.4) is 0 Å². The first kappa shape index (κ1) is 18.1. The highest BCUT2D eigenvalue weighted by atomic mass is 16.2. The van der Waals surface area contributed by atoms with Crippen molar-refractivity contribution in [3.63, 3.8) is 0 Å². The average molecular weight is 355 g/mol. The van der Waals surface area contributed by atoms with Gasteiger partial charge in [-0.3, -0.25) is 9.47 Å². The highest BCUT2D eigenvalue weighted by molar-refractivity contribution is 5.89. The van der Waals surface area contributed by atoms with Crippen LogP contribution in [-0.2, 0) is 6.54 Å². The van der Waals surface area contributed by atoms with Gasteiger partial charge < -0.3 is 10.6 Å². The zero-order valence-electron chi connectivity index (χ0n) is 15.0. The number of rotatable bonds is 8. The van der Waals surface area contributed by atoms with Gasteiger partial charge in [-0.05, 0) is 43.1 Å². The number of aromatic nitrogens is 2. The quantitative estimate of drug-likeness (QED) is 0.758. The third-order valence-electron chi connectivity index (χ3n) is 4.47. The van der Waals surface area contributed by atoms with Gasteiger partial charge in [-0.25, -0.2) is 14.6 Å². The fourth-order valence-corrected chi connectivity index (χ4v) is 2.98. The van der Waals surface area contributed by atoms with Gasteiger partial charge in [-0.15, -0.1) is 0 Å². The second-order valence-electron chi connectivity index (χ2n) is 6.47. The largest absolute Gasteiger partial charge is 0.347 e. The molecular weight excluding hydrogens is 330 g/mol. The van der Waals surface area contributed by atoms with E-state index < -0.39 is 0 Å². The van der Waals surface area contributed by atoms with Gasteiger partial charge in [-0.2, -0.15) is 0 Å². The Kier molecular flexibility index (Phi) is 6.01. The fourth-order valence-electron chi connectivity index (χ4n) is 2.98. The van der Waals surface area contributed by atoms with Crippen molar-refractivity contribution >= 4 is 11.7 Å². The van der Waals surface area contributed by atoms with E-state index in [4.69, 9.17) is 0 Å². The Hall–Kier alpha value is -2.67. The number of carbonyl (C=O) groups is 1. The maximum absolute atomic E-state index is 12.1. The molecule has 1 saturated carbocycles. The molecule has 0 spiro atoms. The first-order valence-corrected chi connectivity index (χ1v) is 9.05. The number of nitrogens with one attached hydrogen (secondary N) is 2. The average Bonchev–Trinajstić information content (AvgIpc) is 3.46. The maximum atomic E-state index is 12.1. The Morgan fingerprint density at radius 3 is 2.92 bits per heavy atom. The van der Waals surface area contributed by atoms with Crippen LogP contribution >= 0.6 is 0 Å². The van der Waals surface area contributed by atoms with E-state index in [9.17, 15) is 9.59 Å². The molecule has 2 aromatic rings. The van der Waals surface area contributed by atoms with Crippen LogP contribution in [0.15, 0.2) is 47.5 Å². The van der Waals surface area contributed by atoms with E-state index in [0.717, 1.165) is 18.7 Å². The zero-order chi connectivity index (χ0) is 18.4. The summed E-state index contributed by atoms with van der Waals surface area (Å²) in [5.41, 5.74) is 1.33. The number of urea groups is 1. The molecule has 1 aliphatic carbocycles. The van der Waals surface area contributed by atoms with Crippen molar-refractivity contribution < 1.29 is 4.79 Å². The lowest BCUT2D eigenvalue weighted by Crippen LogP contribution is -2.37. The SMILES string of the molecule is CCN(CCNC(=O)Nc1cccc(Cn2cccnc2=O)c1)C1CC1. The Morgan fingerprint density at radius 1 is 1.35 bits per heavy atom. The number of hydrogen-bond acceptors (Lipinski definition) is 4.